The number of rotatable bonds is 3. The molecule has 0 unspecified atom stereocenters. The first-order chi connectivity index (χ1) is 6.77. The van der Waals surface area contributed by atoms with E-state index in [4.69, 9.17) is 16.3 Å². The van der Waals surface area contributed by atoms with Crippen LogP contribution in [0.1, 0.15) is 17.3 Å². The van der Waals surface area contributed by atoms with E-state index < -0.39 is 0 Å². The van der Waals surface area contributed by atoms with Gasteiger partial charge in [-0.25, -0.2) is 0 Å². The molecule has 0 spiro atoms. The number of carbonyl (C=O) groups is 1. The normalized spacial score (nSPS) is 8.71. The Morgan fingerprint density at radius 3 is 2.93 bits per heavy atom. The van der Waals surface area contributed by atoms with Crippen molar-refractivity contribution in [2.75, 3.05) is 6.61 Å². The summed E-state index contributed by atoms with van der Waals surface area (Å²) >= 11 is 5.86. The lowest BCUT2D eigenvalue weighted by atomic mass is 10.2. The Hall–Kier alpha value is -1.46. The highest BCUT2D eigenvalue weighted by atomic mass is 35.5. The zero-order chi connectivity index (χ0) is 10.4. The van der Waals surface area contributed by atoms with Crippen molar-refractivity contribution in [2.24, 2.45) is 0 Å². The van der Waals surface area contributed by atoms with Crippen LogP contribution in [0.25, 0.3) is 0 Å². The molecule has 0 aliphatic rings. The molecule has 0 atom stereocenters. The van der Waals surface area contributed by atoms with Gasteiger partial charge in [-0.15, -0.1) is 5.92 Å². The summed E-state index contributed by atoms with van der Waals surface area (Å²) in [5.41, 5.74) is 0.531. The van der Waals surface area contributed by atoms with Crippen molar-refractivity contribution in [3.63, 3.8) is 0 Å². The number of aldehydes is 1. The maximum Gasteiger partial charge on any atom is 0.150 e. The number of hydrogen-bond acceptors (Lipinski definition) is 2. The summed E-state index contributed by atoms with van der Waals surface area (Å²) in [6.45, 7) is 2.04. The van der Waals surface area contributed by atoms with Crippen molar-refractivity contribution in [1.29, 1.82) is 0 Å². The molecule has 0 amide bonds. The van der Waals surface area contributed by atoms with Crippen molar-refractivity contribution in [3.8, 4) is 17.6 Å². The van der Waals surface area contributed by atoms with Crippen molar-refractivity contribution >= 4 is 17.9 Å². The molecule has 0 fully saturated rings. The van der Waals surface area contributed by atoms with Gasteiger partial charge >= 0.3 is 0 Å². The highest BCUT2D eigenvalue weighted by Gasteiger charge is 2.01. The molecule has 0 heterocycles. The summed E-state index contributed by atoms with van der Waals surface area (Å²) in [6, 6.07) is 4.86. The summed E-state index contributed by atoms with van der Waals surface area (Å²) < 4.78 is 5.26. The lowest BCUT2D eigenvalue weighted by Crippen LogP contribution is -1.94. The molecular formula is C11H9ClO2. The van der Waals surface area contributed by atoms with Gasteiger partial charge in [0.15, 0.2) is 0 Å². The molecule has 0 aliphatic heterocycles. The molecule has 1 rings (SSSR count). The monoisotopic (exact) mass is 208 g/mol. The zero-order valence-electron chi connectivity index (χ0n) is 7.71. The van der Waals surface area contributed by atoms with Gasteiger partial charge in [0.05, 0.1) is 5.02 Å². The Labute approximate surface area is 87.8 Å². The van der Waals surface area contributed by atoms with Crippen molar-refractivity contribution < 1.29 is 9.53 Å². The average Bonchev–Trinajstić information content (AvgIpc) is 2.20. The van der Waals surface area contributed by atoms with E-state index >= 15 is 0 Å². The molecule has 72 valence electrons. The maximum atomic E-state index is 10.4. The Morgan fingerprint density at radius 2 is 2.36 bits per heavy atom. The van der Waals surface area contributed by atoms with Gasteiger partial charge in [0, 0.05) is 5.56 Å². The molecule has 0 saturated heterocycles. The molecule has 0 aliphatic carbocycles. The molecule has 1 aromatic carbocycles. The van der Waals surface area contributed by atoms with Crippen LogP contribution in [-0.4, -0.2) is 12.9 Å². The Balaban J connectivity index is 2.76. The summed E-state index contributed by atoms with van der Waals surface area (Å²) in [7, 11) is 0. The lowest BCUT2D eigenvalue weighted by Gasteiger charge is -2.04. The predicted octanol–water partition coefficient (Wildman–Crippen LogP) is 2.55. The van der Waals surface area contributed by atoms with E-state index in [-0.39, 0.29) is 0 Å². The summed E-state index contributed by atoms with van der Waals surface area (Å²) in [5, 5.41) is 0.424. The molecule has 1 aromatic rings. The van der Waals surface area contributed by atoms with E-state index in [1.165, 1.54) is 0 Å². The van der Waals surface area contributed by atoms with Gasteiger partial charge in [0.1, 0.15) is 18.6 Å². The van der Waals surface area contributed by atoms with Crippen LogP contribution in [-0.2, 0) is 0 Å². The first-order valence-electron chi connectivity index (χ1n) is 4.05. The fourth-order valence-corrected chi connectivity index (χ4v) is 1.14. The van der Waals surface area contributed by atoms with Gasteiger partial charge < -0.3 is 4.74 Å². The Morgan fingerprint density at radius 1 is 1.57 bits per heavy atom. The van der Waals surface area contributed by atoms with Gasteiger partial charge in [-0.2, -0.15) is 0 Å². The van der Waals surface area contributed by atoms with Crippen LogP contribution in [0.5, 0.6) is 5.75 Å². The SMILES string of the molecule is CC#CCOc1ccc(C=O)cc1Cl. The van der Waals surface area contributed by atoms with E-state index in [0.717, 1.165) is 6.29 Å². The number of halogens is 1. The van der Waals surface area contributed by atoms with Crippen LogP contribution >= 0.6 is 11.6 Å². The van der Waals surface area contributed by atoms with Gasteiger partial charge in [0.2, 0.25) is 0 Å². The Kier molecular flexibility index (Phi) is 4.03. The second-order valence-corrected chi connectivity index (χ2v) is 2.93. The van der Waals surface area contributed by atoms with Crippen LogP contribution in [0, 0.1) is 11.8 Å². The smallest absolute Gasteiger partial charge is 0.150 e. The van der Waals surface area contributed by atoms with Gasteiger partial charge in [-0.1, -0.05) is 17.5 Å². The van der Waals surface area contributed by atoms with Crippen LogP contribution in [0.2, 0.25) is 5.02 Å². The van der Waals surface area contributed by atoms with Crippen LogP contribution in [0.4, 0.5) is 0 Å². The molecule has 2 nitrogen and oxygen atoms in total. The molecule has 0 radical (unpaired) electrons. The first kappa shape index (κ1) is 10.6. The topological polar surface area (TPSA) is 26.3 Å². The first-order valence-corrected chi connectivity index (χ1v) is 4.43. The number of benzene rings is 1. The minimum absolute atomic E-state index is 0.302. The predicted molar refractivity (Wildman–Crippen MR) is 55.8 cm³/mol. The fraction of sp³-hybridized carbons (Fsp3) is 0.182. The van der Waals surface area contributed by atoms with E-state index in [1.807, 2.05) is 0 Å². The summed E-state index contributed by atoms with van der Waals surface area (Å²) in [5.74, 6) is 6.00. The van der Waals surface area contributed by atoms with Crippen molar-refractivity contribution in [3.05, 3.63) is 28.8 Å². The van der Waals surface area contributed by atoms with E-state index in [1.54, 1.807) is 25.1 Å². The molecule has 0 saturated carbocycles. The van der Waals surface area contributed by atoms with Crippen LogP contribution < -0.4 is 4.74 Å². The average molecular weight is 209 g/mol. The molecule has 0 aromatic heterocycles. The molecule has 3 heteroatoms. The van der Waals surface area contributed by atoms with Gasteiger partial charge in [-0.05, 0) is 25.1 Å². The number of carbonyl (C=O) groups excluding carboxylic acids is 1. The third kappa shape index (κ3) is 2.79. The van der Waals surface area contributed by atoms with Crippen LogP contribution in [0.15, 0.2) is 18.2 Å². The molecule has 0 bridgehead atoms. The van der Waals surface area contributed by atoms with Gasteiger partial charge in [-0.3, -0.25) is 4.79 Å². The van der Waals surface area contributed by atoms with E-state index in [0.29, 0.717) is 22.9 Å². The maximum absolute atomic E-state index is 10.4. The second kappa shape index (κ2) is 5.31. The minimum Gasteiger partial charge on any atom is -0.479 e. The number of ether oxygens (including phenoxy) is 1. The zero-order valence-corrected chi connectivity index (χ0v) is 8.47. The second-order valence-electron chi connectivity index (χ2n) is 2.52. The quantitative estimate of drug-likeness (QED) is 0.564. The molecule has 0 N–H and O–H groups in total. The van der Waals surface area contributed by atoms with Crippen LogP contribution in [0.3, 0.4) is 0 Å². The summed E-state index contributed by atoms with van der Waals surface area (Å²) in [6.07, 6.45) is 0.738. The third-order valence-corrected chi connectivity index (χ3v) is 1.86. The van der Waals surface area contributed by atoms with Gasteiger partial charge in [0.25, 0.3) is 0 Å². The lowest BCUT2D eigenvalue weighted by molar-refractivity contribution is 0.112. The Bertz CT molecular complexity index is 388. The van der Waals surface area contributed by atoms with Crippen molar-refractivity contribution in [2.45, 2.75) is 6.92 Å². The highest BCUT2D eigenvalue weighted by molar-refractivity contribution is 6.32. The standard InChI is InChI=1S/C11H9ClO2/c1-2-3-6-14-11-5-4-9(8-13)7-10(11)12/h4-5,7-8H,6H2,1H3. The summed E-state index contributed by atoms with van der Waals surface area (Å²) in [4.78, 5) is 10.4. The third-order valence-electron chi connectivity index (χ3n) is 1.57. The van der Waals surface area contributed by atoms with E-state index in [2.05, 4.69) is 11.8 Å². The number of hydrogen-bond donors (Lipinski definition) is 0. The van der Waals surface area contributed by atoms with Crippen molar-refractivity contribution in [1.82, 2.24) is 0 Å². The minimum atomic E-state index is 0.302. The molecule has 14 heavy (non-hydrogen) atoms. The molecular weight excluding hydrogens is 200 g/mol. The van der Waals surface area contributed by atoms with E-state index in [9.17, 15) is 4.79 Å². The largest absolute Gasteiger partial charge is 0.479 e. The fourth-order valence-electron chi connectivity index (χ4n) is 0.893. The highest BCUT2D eigenvalue weighted by Crippen LogP contribution is 2.24.